The average Bonchev–Trinajstić information content (AvgIpc) is 3.43. The third kappa shape index (κ3) is 3.41. The first-order chi connectivity index (χ1) is 15.7. The number of aliphatic hydroxyl groups excluding tert-OH is 1. The summed E-state index contributed by atoms with van der Waals surface area (Å²) in [6.07, 6.45) is 6.96. The van der Waals surface area contributed by atoms with Crippen LogP contribution < -0.4 is 5.32 Å². The Bertz CT molecular complexity index is 1310. The molecule has 1 aliphatic heterocycles. The van der Waals surface area contributed by atoms with Gasteiger partial charge in [0, 0.05) is 35.0 Å². The standard InChI is InChI=1S/C23H24N6O2S/c30-16-5-7-29(8-6-16)23(31)13-1-3-17-19(10-13)32-22-20(17)21(24-12-25-22)27-15-2-4-18-14(9-15)11-26-28-18/h2,4,9,11-13,16,30H,1,3,5-8,10H2,(H,26,28)(H,24,25,27). The van der Waals surface area contributed by atoms with E-state index in [1.165, 1.54) is 10.4 Å². The van der Waals surface area contributed by atoms with Crippen molar-refractivity contribution < 1.29 is 9.90 Å². The number of amides is 1. The van der Waals surface area contributed by atoms with Gasteiger partial charge in [-0.1, -0.05) is 0 Å². The highest BCUT2D eigenvalue weighted by atomic mass is 32.1. The molecular weight excluding hydrogens is 424 g/mol. The molecule has 6 rings (SSSR count). The van der Waals surface area contributed by atoms with Crippen molar-refractivity contribution in [1.29, 1.82) is 0 Å². The molecule has 32 heavy (non-hydrogen) atoms. The van der Waals surface area contributed by atoms with Crippen LogP contribution in [0.3, 0.4) is 0 Å². The van der Waals surface area contributed by atoms with E-state index in [2.05, 4.69) is 31.5 Å². The summed E-state index contributed by atoms with van der Waals surface area (Å²) in [5.74, 6) is 1.06. The molecular formula is C23H24N6O2S. The predicted molar refractivity (Wildman–Crippen MR) is 124 cm³/mol. The summed E-state index contributed by atoms with van der Waals surface area (Å²) in [6.45, 7) is 1.33. The molecule has 1 atom stereocenters. The molecule has 1 aliphatic carbocycles. The lowest BCUT2D eigenvalue weighted by Crippen LogP contribution is -2.44. The number of rotatable bonds is 3. The second-order valence-corrected chi connectivity index (χ2v) is 9.78. The highest BCUT2D eigenvalue weighted by Crippen LogP contribution is 2.41. The number of benzene rings is 1. The lowest BCUT2D eigenvalue weighted by atomic mass is 9.86. The van der Waals surface area contributed by atoms with Gasteiger partial charge >= 0.3 is 0 Å². The van der Waals surface area contributed by atoms with Crippen LogP contribution in [0.15, 0.2) is 30.7 Å². The maximum absolute atomic E-state index is 13.1. The Morgan fingerprint density at radius 3 is 2.97 bits per heavy atom. The second-order valence-electron chi connectivity index (χ2n) is 8.70. The fraction of sp³-hybridized carbons (Fsp3) is 0.391. The topological polar surface area (TPSA) is 107 Å². The number of nitrogens with zero attached hydrogens (tertiary/aromatic N) is 4. The third-order valence-corrected chi connectivity index (χ3v) is 7.84. The van der Waals surface area contributed by atoms with E-state index in [9.17, 15) is 9.90 Å². The van der Waals surface area contributed by atoms with Crippen LogP contribution in [-0.4, -0.2) is 55.3 Å². The van der Waals surface area contributed by atoms with Gasteiger partial charge in [-0.15, -0.1) is 11.3 Å². The fourth-order valence-electron chi connectivity index (χ4n) is 4.92. The lowest BCUT2D eigenvalue weighted by molar-refractivity contribution is -0.137. The molecule has 0 bridgehead atoms. The van der Waals surface area contributed by atoms with Crippen molar-refractivity contribution in [1.82, 2.24) is 25.1 Å². The lowest BCUT2D eigenvalue weighted by Gasteiger charge is -2.33. The summed E-state index contributed by atoms with van der Waals surface area (Å²) >= 11 is 1.68. The van der Waals surface area contributed by atoms with E-state index in [0.29, 0.717) is 25.9 Å². The van der Waals surface area contributed by atoms with Gasteiger partial charge in [-0.05, 0) is 55.9 Å². The number of hydrogen-bond acceptors (Lipinski definition) is 7. The van der Waals surface area contributed by atoms with E-state index >= 15 is 0 Å². The van der Waals surface area contributed by atoms with Crippen LogP contribution in [0.1, 0.15) is 29.7 Å². The van der Waals surface area contributed by atoms with Crippen LogP contribution in [0, 0.1) is 5.92 Å². The van der Waals surface area contributed by atoms with Gasteiger partial charge in [-0.3, -0.25) is 9.89 Å². The molecule has 1 aromatic carbocycles. The van der Waals surface area contributed by atoms with Crippen molar-refractivity contribution in [2.75, 3.05) is 18.4 Å². The number of anilines is 2. The van der Waals surface area contributed by atoms with Crippen molar-refractivity contribution in [2.24, 2.45) is 5.92 Å². The maximum Gasteiger partial charge on any atom is 0.226 e. The quantitative estimate of drug-likeness (QED) is 0.443. The number of aryl methyl sites for hydroxylation is 1. The summed E-state index contributed by atoms with van der Waals surface area (Å²) in [5.41, 5.74) is 3.22. The smallest absolute Gasteiger partial charge is 0.226 e. The van der Waals surface area contributed by atoms with E-state index in [1.54, 1.807) is 17.7 Å². The van der Waals surface area contributed by atoms with Gasteiger partial charge in [0.1, 0.15) is 17.0 Å². The normalized spacial score (nSPS) is 19.4. The first-order valence-electron chi connectivity index (χ1n) is 11.1. The molecule has 0 saturated carbocycles. The minimum absolute atomic E-state index is 0.0127. The Hall–Kier alpha value is -3.04. The van der Waals surface area contributed by atoms with E-state index in [4.69, 9.17) is 0 Å². The maximum atomic E-state index is 13.1. The summed E-state index contributed by atoms with van der Waals surface area (Å²) < 4.78 is 0. The number of fused-ring (bicyclic) bond motifs is 4. The molecule has 9 heteroatoms. The first-order valence-corrected chi connectivity index (χ1v) is 11.9. The van der Waals surface area contributed by atoms with Gasteiger partial charge < -0.3 is 15.3 Å². The minimum Gasteiger partial charge on any atom is -0.393 e. The van der Waals surface area contributed by atoms with E-state index < -0.39 is 0 Å². The van der Waals surface area contributed by atoms with E-state index in [-0.39, 0.29) is 17.9 Å². The van der Waals surface area contributed by atoms with Gasteiger partial charge in [0.15, 0.2) is 0 Å². The molecule has 3 N–H and O–H groups in total. The number of H-pyrrole nitrogens is 1. The zero-order chi connectivity index (χ0) is 21.7. The number of aromatic nitrogens is 4. The van der Waals surface area contributed by atoms with Gasteiger partial charge in [-0.25, -0.2) is 9.97 Å². The number of piperidine rings is 1. The average molecular weight is 449 g/mol. The van der Waals surface area contributed by atoms with Gasteiger partial charge in [0.25, 0.3) is 0 Å². The number of likely N-dealkylation sites (tertiary alicyclic amines) is 1. The molecule has 164 valence electrons. The molecule has 1 amide bonds. The Morgan fingerprint density at radius 1 is 1.22 bits per heavy atom. The molecule has 0 spiro atoms. The number of aliphatic hydroxyl groups is 1. The van der Waals surface area contributed by atoms with Gasteiger partial charge in [0.2, 0.25) is 5.91 Å². The highest BCUT2D eigenvalue weighted by Gasteiger charge is 2.32. The minimum atomic E-state index is -0.265. The molecule has 4 heterocycles. The fourth-order valence-corrected chi connectivity index (χ4v) is 6.18. The Kier molecular flexibility index (Phi) is 4.80. The van der Waals surface area contributed by atoms with Crippen LogP contribution in [-0.2, 0) is 17.6 Å². The molecule has 0 radical (unpaired) electrons. The Labute approximate surface area is 188 Å². The molecule has 3 aromatic heterocycles. The predicted octanol–water partition coefficient (Wildman–Crippen LogP) is 3.40. The summed E-state index contributed by atoms with van der Waals surface area (Å²) in [5, 5.41) is 22.4. The summed E-state index contributed by atoms with van der Waals surface area (Å²) in [4.78, 5) is 26.3. The van der Waals surface area contributed by atoms with Crippen molar-refractivity contribution in [3.8, 4) is 0 Å². The van der Waals surface area contributed by atoms with Crippen molar-refractivity contribution in [2.45, 2.75) is 38.2 Å². The van der Waals surface area contributed by atoms with Crippen LogP contribution >= 0.6 is 11.3 Å². The van der Waals surface area contributed by atoms with E-state index in [0.717, 1.165) is 51.9 Å². The van der Waals surface area contributed by atoms with Crippen LogP contribution in [0.2, 0.25) is 0 Å². The second kappa shape index (κ2) is 7.83. The molecule has 1 unspecified atom stereocenters. The Morgan fingerprint density at radius 2 is 2.09 bits per heavy atom. The van der Waals surface area contributed by atoms with Crippen LogP contribution in [0.5, 0.6) is 0 Å². The van der Waals surface area contributed by atoms with E-state index in [1.807, 2.05) is 23.2 Å². The molecule has 2 aliphatic rings. The van der Waals surface area contributed by atoms with Crippen molar-refractivity contribution >= 4 is 49.9 Å². The zero-order valence-corrected chi connectivity index (χ0v) is 18.4. The highest BCUT2D eigenvalue weighted by molar-refractivity contribution is 7.19. The van der Waals surface area contributed by atoms with Gasteiger partial charge in [-0.2, -0.15) is 5.10 Å². The Balaban J connectivity index is 1.27. The monoisotopic (exact) mass is 448 g/mol. The number of carbonyl (C=O) groups is 1. The van der Waals surface area contributed by atoms with Crippen LogP contribution in [0.4, 0.5) is 11.5 Å². The zero-order valence-electron chi connectivity index (χ0n) is 17.5. The first kappa shape index (κ1) is 19.6. The third-order valence-electron chi connectivity index (χ3n) is 6.67. The number of carbonyl (C=O) groups excluding carboxylic acids is 1. The molecule has 8 nitrogen and oxygen atoms in total. The largest absolute Gasteiger partial charge is 0.393 e. The summed E-state index contributed by atoms with van der Waals surface area (Å²) in [6, 6.07) is 6.06. The summed E-state index contributed by atoms with van der Waals surface area (Å²) in [7, 11) is 0. The molecule has 4 aromatic rings. The molecule has 1 saturated heterocycles. The van der Waals surface area contributed by atoms with Crippen molar-refractivity contribution in [3.05, 3.63) is 41.2 Å². The number of thiophene rings is 1. The number of nitrogens with one attached hydrogen (secondary N) is 2. The van der Waals surface area contributed by atoms with Gasteiger partial charge in [0.05, 0.1) is 23.2 Å². The van der Waals surface area contributed by atoms with Crippen molar-refractivity contribution in [3.63, 3.8) is 0 Å². The number of aromatic amines is 1. The SMILES string of the molecule is O=C(C1CCc2c(sc3ncnc(Nc4ccc5[nH]ncc5c4)c23)C1)N1CCC(O)CC1. The number of hydrogen-bond donors (Lipinski definition) is 3. The molecule has 1 fully saturated rings. The van der Waals surface area contributed by atoms with Crippen LogP contribution in [0.25, 0.3) is 21.1 Å².